The molecular formula is C20H16S. The molecule has 1 heterocycles. The number of hydrogen-bond acceptors (Lipinski definition) is 1. The highest BCUT2D eigenvalue weighted by Crippen LogP contribution is 2.46. The van der Waals surface area contributed by atoms with Crippen LogP contribution in [-0.2, 0) is 5.75 Å². The van der Waals surface area contributed by atoms with Crippen molar-refractivity contribution in [1.82, 2.24) is 0 Å². The van der Waals surface area contributed by atoms with E-state index in [4.69, 9.17) is 0 Å². The Morgan fingerprint density at radius 1 is 0.667 bits per heavy atom. The van der Waals surface area contributed by atoms with Crippen molar-refractivity contribution in [2.45, 2.75) is 11.0 Å². The Hall–Kier alpha value is -1.99. The molecule has 0 spiro atoms. The van der Waals surface area contributed by atoms with Gasteiger partial charge in [-0.05, 0) is 27.8 Å². The van der Waals surface area contributed by atoms with Crippen molar-refractivity contribution >= 4 is 11.8 Å². The first-order chi connectivity index (χ1) is 10.4. The van der Waals surface area contributed by atoms with E-state index in [9.17, 15) is 0 Å². The van der Waals surface area contributed by atoms with E-state index >= 15 is 0 Å². The van der Waals surface area contributed by atoms with Crippen LogP contribution in [0.5, 0.6) is 0 Å². The van der Waals surface area contributed by atoms with Gasteiger partial charge in [0.1, 0.15) is 0 Å². The number of thioether (sulfide) groups is 1. The van der Waals surface area contributed by atoms with Crippen LogP contribution in [0.25, 0.3) is 11.1 Å². The quantitative estimate of drug-likeness (QED) is 0.554. The van der Waals surface area contributed by atoms with E-state index in [1.807, 2.05) is 11.8 Å². The second-order valence-corrected chi connectivity index (χ2v) is 6.44. The molecule has 0 aromatic heterocycles. The van der Waals surface area contributed by atoms with E-state index in [0.717, 1.165) is 5.75 Å². The van der Waals surface area contributed by atoms with E-state index < -0.39 is 0 Å². The van der Waals surface area contributed by atoms with Gasteiger partial charge in [-0.15, -0.1) is 11.8 Å². The second kappa shape index (κ2) is 5.42. The lowest BCUT2D eigenvalue weighted by atomic mass is 9.92. The molecule has 0 saturated heterocycles. The molecule has 21 heavy (non-hydrogen) atoms. The lowest BCUT2D eigenvalue weighted by molar-refractivity contribution is 1.16. The average molecular weight is 288 g/mol. The SMILES string of the molecule is c1ccc(C2SCc3ccccc3-c3ccccc32)cc1. The Labute approximate surface area is 129 Å². The Morgan fingerprint density at radius 2 is 1.33 bits per heavy atom. The molecule has 0 fully saturated rings. The summed E-state index contributed by atoms with van der Waals surface area (Å²) in [7, 11) is 0. The van der Waals surface area contributed by atoms with Crippen molar-refractivity contribution in [2.75, 3.05) is 0 Å². The Balaban J connectivity index is 1.92. The van der Waals surface area contributed by atoms with Crippen LogP contribution in [0.4, 0.5) is 0 Å². The van der Waals surface area contributed by atoms with E-state index in [0.29, 0.717) is 5.25 Å². The molecule has 0 amide bonds. The fourth-order valence-corrected chi connectivity index (χ4v) is 4.38. The van der Waals surface area contributed by atoms with Crippen molar-refractivity contribution < 1.29 is 0 Å². The highest BCUT2D eigenvalue weighted by molar-refractivity contribution is 7.99. The molecule has 0 saturated carbocycles. The molecule has 1 aliphatic heterocycles. The van der Waals surface area contributed by atoms with Gasteiger partial charge in [-0.3, -0.25) is 0 Å². The van der Waals surface area contributed by atoms with Crippen LogP contribution in [0, 0.1) is 0 Å². The van der Waals surface area contributed by atoms with Gasteiger partial charge in [0, 0.05) is 5.75 Å². The van der Waals surface area contributed by atoms with Crippen molar-refractivity contribution in [2.24, 2.45) is 0 Å². The topological polar surface area (TPSA) is 0 Å². The van der Waals surface area contributed by atoms with Crippen molar-refractivity contribution in [1.29, 1.82) is 0 Å². The van der Waals surface area contributed by atoms with Crippen molar-refractivity contribution in [3.63, 3.8) is 0 Å². The smallest absolute Gasteiger partial charge is 0.0556 e. The maximum Gasteiger partial charge on any atom is 0.0556 e. The summed E-state index contributed by atoms with van der Waals surface area (Å²) in [5, 5.41) is 0.412. The van der Waals surface area contributed by atoms with E-state index in [2.05, 4.69) is 78.9 Å². The van der Waals surface area contributed by atoms with Gasteiger partial charge in [0.05, 0.1) is 5.25 Å². The molecule has 3 aromatic carbocycles. The zero-order valence-electron chi connectivity index (χ0n) is 11.7. The van der Waals surface area contributed by atoms with Gasteiger partial charge in [0.2, 0.25) is 0 Å². The summed E-state index contributed by atoms with van der Waals surface area (Å²) in [6.07, 6.45) is 0. The molecule has 102 valence electrons. The first-order valence-corrected chi connectivity index (χ1v) is 8.32. The summed E-state index contributed by atoms with van der Waals surface area (Å²) >= 11 is 2.02. The van der Waals surface area contributed by atoms with Gasteiger partial charge in [-0.2, -0.15) is 0 Å². The molecule has 1 aliphatic rings. The predicted molar refractivity (Wildman–Crippen MR) is 91.5 cm³/mol. The molecule has 1 heteroatoms. The molecule has 3 aromatic rings. The van der Waals surface area contributed by atoms with Gasteiger partial charge in [0.25, 0.3) is 0 Å². The molecule has 1 atom stereocenters. The number of rotatable bonds is 1. The first-order valence-electron chi connectivity index (χ1n) is 7.27. The van der Waals surface area contributed by atoms with Crippen LogP contribution in [0.2, 0.25) is 0 Å². The summed E-state index contributed by atoms with van der Waals surface area (Å²) in [5.41, 5.74) is 7.03. The number of fused-ring (bicyclic) bond motifs is 3. The van der Waals surface area contributed by atoms with Crippen molar-refractivity contribution in [3.05, 3.63) is 95.6 Å². The highest BCUT2D eigenvalue weighted by Gasteiger charge is 2.23. The zero-order chi connectivity index (χ0) is 14.1. The lowest BCUT2D eigenvalue weighted by Gasteiger charge is -2.17. The molecule has 0 bridgehead atoms. The zero-order valence-corrected chi connectivity index (χ0v) is 12.5. The molecule has 0 nitrogen and oxygen atoms in total. The standard InChI is InChI=1S/C20H16S/c1-2-8-15(9-3-1)20-19-13-7-6-12-18(19)17-11-5-4-10-16(17)14-21-20/h1-13,20H,14H2. The van der Waals surface area contributed by atoms with Crippen molar-refractivity contribution in [3.8, 4) is 11.1 Å². The predicted octanol–water partition coefficient (Wildman–Crippen LogP) is 5.69. The summed E-state index contributed by atoms with van der Waals surface area (Å²) in [6, 6.07) is 28.5. The summed E-state index contributed by atoms with van der Waals surface area (Å²) in [5.74, 6) is 1.06. The minimum atomic E-state index is 0.412. The largest absolute Gasteiger partial charge is 0.144 e. The third-order valence-corrected chi connectivity index (χ3v) is 5.40. The Kier molecular flexibility index (Phi) is 3.28. The summed E-state index contributed by atoms with van der Waals surface area (Å²) < 4.78 is 0. The van der Waals surface area contributed by atoms with Gasteiger partial charge >= 0.3 is 0 Å². The summed E-state index contributed by atoms with van der Waals surface area (Å²) in [4.78, 5) is 0. The highest BCUT2D eigenvalue weighted by atomic mass is 32.2. The van der Waals surface area contributed by atoms with Crippen LogP contribution in [-0.4, -0.2) is 0 Å². The molecule has 0 aliphatic carbocycles. The number of hydrogen-bond donors (Lipinski definition) is 0. The van der Waals surface area contributed by atoms with Gasteiger partial charge in [-0.25, -0.2) is 0 Å². The minimum absolute atomic E-state index is 0.412. The van der Waals surface area contributed by atoms with E-state index in [-0.39, 0.29) is 0 Å². The first kappa shape index (κ1) is 12.7. The van der Waals surface area contributed by atoms with Gasteiger partial charge in [-0.1, -0.05) is 78.9 Å². The molecule has 4 rings (SSSR count). The third-order valence-electron chi connectivity index (χ3n) is 4.06. The maximum absolute atomic E-state index is 2.28. The molecule has 1 unspecified atom stereocenters. The van der Waals surface area contributed by atoms with E-state index in [1.54, 1.807) is 0 Å². The molecule has 0 radical (unpaired) electrons. The molecular weight excluding hydrogens is 272 g/mol. The fraction of sp³-hybridized carbons (Fsp3) is 0.100. The Morgan fingerprint density at radius 3 is 2.19 bits per heavy atom. The number of benzene rings is 3. The Bertz CT molecular complexity index is 762. The maximum atomic E-state index is 2.28. The average Bonchev–Trinajstić information content (AvgIpc) is 2.73. The monoisotopic (exact) mass is 288 g/mol. The van der Waals surface area contributed by atoms with Crippen LogP contribution in [0.15, 0.2) is 78.9 Å². The van der Waals surface area contributed by atoms with E-state index in [1.165, 1.54) is 27.8 Å². The van der Waals surface area contributed by atoms with Crippen LogP contribution < -0.4 is 0 Å². The lowest BCUT2D eigenvalue weighted by Crippen LogP contribution is -1.97. The summed E-state index contributed by atoms with van der Waals surface area (Å²) in [6.45, 7) is 0. The van der Waals surface area contributed by atoms with Crippen LogP contribution in [0.1, 0.15) is 21.9 Å². The van der Waals surface area contributed by atoms with Crippen LogP contribution >= 0.6 is 11.8 Å². The normalized spacial score (nSPS) is 16.7. The third kappa shape index (κ3) is 2.28. The van der Waals surface area contributed by atoms with Gasteiger partial charge < -0.3 is 0 Å². The molecule has 0 N–H and O–H groups in total. The van der Waals surface area contributed by atoms with Crippen LogP contribution in [0.3, 0.4) is 0 Å². The fourth-order valence-electron chi connectivity index (χ4n) is 3.05. The second-order valence-electron chi connectivity index (χ2n) is 5.35. The minimum Gasteiger partial charge on any atom is -0.144 e. The van der Waals surface area contributed by atoms with Gasteiger partial charge in [0.15, 0.2) is 0 Å².